The quantitative estimate of drug-likeness (QED) is 0.829. The van der Waals surface area contributed by atoms with Crippen LogP contribution >= 0.6 is 0 Å². The standard InChI is InChI=1S/C23H21NO3/c1-14-7-9-19-21(11-14)27-22-12-17(24-15(2)25)8-10-20(22)23(19)18-6-4-3-5-16(18)13-26-23/h3-7,9,11-12H,8,10,13H2,1-2H3,(H,24,25). The summed E-state index contributed by atoms with van der Waals surface area (Å²) in [7, 11) is 0. The number of hydrogen-bond donors (Lipinski definition) is 1. The van der Waals surface area contributed by atoms with E-state index in [1.165, 1.54) is 18.1 Å². The third-order valence-corrected chi connectivity index (χ3v) is 5.59. The Morgan fingerprint density at radius 3 is 2.81 bits per heavy atom. The number of fused-ring (bicyclic) bond motifs is 5. The summed E-state index contributed by atoms with van der Waals surface area (Å²) in [5.74, 6) is 1.56. The number of carbonyl (C=O) groups is 1. The van der Waals surface area contributed by atoms with Crippen molar-refractivity contribution >= 4 is 5.91 Å². The van der Waals surface area contributed by atoms with E-state index in [-0.39, 0.29) is 5.91 Å². The van der Waals surface area contributed by atoms with Crippen molar-refractivity contribution in [2.24, 2.45) is 0 Å². The second-order valence-electron chi connectivity index (χ2n) is 7.42. The van der Waals surface area contributed by atoms with Gasteiger partial charge < -0.3 is 14.8 Å². The third kappa shape index (κ3) is 2.37. The zero-order chi connectivity index (χ0) is 18.6. The fourth-order valence-electron chi connectivity index (χ4n) is 4.48. The molecule has 0 bridgehead atoms. The maximum absolute atomic E-state index is 11.5. The van der Waals surface area contributed by atoms with Crippen LogP contribution in [0.4, 0.5) is 0 Å². The van der Waals surface area contributed by atoms with Gasteiger partial charge in [-0.15, -0.1) is 0 Å². The molecule has 2 aromatic rings. The monoisotopic (exact) mass is 359 g/mol. The van der Waals surface area contributed by atoms with Crippen LogP contribution in [0.15, 0.2) is 65.6 Å². The van der Waals surface area contributed by atoms with Crippen LogP contribution < -0.4 is 10.1 Å². The van der Waals surface area contributed by atoms with Gasteiger partial charge in [-0.2, -0.15) is 0 Å². The number of ether oxygens (including phenoxy) is 2. The minimum atomic E-state index is -0.606. The molecule has 27 heavy (non-hydrogen) atoms. The minimum Gasteiger partial charge on any atom is -0.457 e. The van der Waals surface area contributed by atoms with Crippen molar-refractivity contribution < 1.29 is 14.3 Å². The van der Waals surface area contributed by atoms with E-state index in [1.54, 1.807) is 0 Å². The van der Waals surface area contributed by atoms with Crippen LogP contribution in [0.5, 0.6) is 5.75 Å². The van der Waals surface area contributed by atoms with Crippen LogP contribution in [0.25, 0.3) is 0 Å². The van der Waals surface area contributed by atoms with E-state index in [4.69, 9.17) is 9.47 Å². The first kappa shape index (κ1) is 16.3. The fourth-order valence-corrected chi connectivity index (χ4v) is 4.48. The van der Waals surface area contributed by atoms with Crippen molar-refractivity contribution in [2.45, 2.75) is 38.9 Å². The molecule has 2 aromatic carbocycles. The Morgan fingerprint density at radius 2 is 1.96 bits per heavy atom. The van der Waals surface area contributed by atoms with Crippen LogP contribution in [0.2, 0.25) is 0 Å². The zero-order valence-corrected chi connectivity index (χ0v) is 15.5. The molecule has 5 rings (SSSR count). The van der Waals surface area contributed by atoms with Gasteiger partial charge in [-0.05, 0) is 42.5 Å². The van der Waals surface area contributed by atoms with Crippen LogP contribution in [0.3, 0.4) is 0 Å². The van der Waals surface area contributed by atoms with Gasteiger partial charge in [0.05, 0.1) is 6.61 Å². The lowest BCUT2D eigenvalue weighted by Gasteiger charge is -2.40. The van der Waals surface area contributed by atoms with Crippen molar-refractivity contribution in [2.75, 3.05) is 0 Å². The Labute approximate surface area is 158 Å². The molecule has 4 nitrogen and oxygen atoms in total. The van der Waals surface area contributed by atoms with Crippen molar-refractivity contribution in [3.63, 3.8) is 0 Å². The molecule has 136 valence electrons. The topological polar surface area (TPSA) is 47.6 Å². The number of allylic oxidation sites excluding steroid dienone is 2. The van der Waals surface area contributed by atoms with E-state index in [0.717, 1.165) is 46.7 Å². The molecule has 3 aliphatic rings. The van der Waals surface area contributed by atoms with E-state index >= 15 is 0 Å². The number of nitrogens with one attached hydrogen (secondary N) is 1. The molecule has 1 N–H and O–H groups in total. The van der Waals surface area contributed by atoms with Gasteiger partial charge in [-0.1, -0.05) is 36.4 Å². The minimum absolute atomic E-state index is 0.0606. The number of amides is 1. The molecule has 1 unspecified atom stereocenters. The van der Waals surface area contributed by atoms with Gasteiger partial charge in [0.15, 0.2) is 0 Å². The average Bonchev–Trinajstić information content (AvgIpc) is 3.01. The van der Waals surface area contributed by atoms with E-state index in [2.05, 4.69) is 54.7 Å². The lowest BCUT2D eigenvalue weighted by atomic mass is 9.74. The van der Waals surface area contributed by atoms with Gasteiger partial charge in [0, 0.05) is 29.8 Å². The van der Waals surface area contributed by atoms with Crippen LogP contribution in [-0.2, 0) is 21.7 Å². The Hall–Kier alpha value is -2.85. The first-order chi connectivity index (χ1) is 13.1. The first-order valence-electron chi connectivity index (χ1n) is 9.31. The second-order valence-corrected chi connectivity index (χ2v) is 7.42. The molecule has 0 saturated carbocycles. The van der Waals surface area contributed by atoms with E-state index in [9.17, 15) is 4.79 Å². The molecule has 1 aliphatic carbocycles. The maximum atomic E-state index is 11.5. The number of aryl methyl sites for hydroxylation is 1. The summed E-state index contributed by atoms with van der Waals surface area (Å²) in [5.41, 5.74) is 6.04. The molecule has 1 amide bonds. The Balaban J connectivity index is 1.75. The Bertz CT molecular complexity index is 1030. The first-order valence-corrected chi connectivity index (χ1v) is 9.31. The predicted octanol–water partition coefficient (Wildman–Crippen LogP) is 4.23. The van der Waals surface area contributed by atoms with Gasteiger partial charge in [0.2, 0.25) is 5.91 Å². The van der Waals surface area contributed by atoms with E-state index < -0.39 is 5.60 Å². The van der Waals surface area contributed by atoms with Gasteiger partial charge in [-0.25, -0.2) is 0 Å². The summed E-state index contributed by atoms with van der Waals surface area (Å²) in [6.45, 7) is 4.18. The van der Waals surface area contributed by atoms with Crippen LogP contribution in [-0.4, -0.2) is 5.91 Å². The van der Waals surface area contributed by atoms with E-state index in [1.807, 2.05) is 6.08 Å². The summed E-state index contributed by atoms with van der Waals surface area (Å²) in [6.07, 6.45) is 3.50. The molecule has 0 fully saturated rings. The molecular formula is C23H21NO3. The van der Waals surface area contributed by atoms with Gasteiger partial charge in [-0.3, -0.25) is 4.79 Å². The number of rotatable bonds is 1. The molecule has 0 radical (unpaired) electrons. The lowest BCUT2D eigenvalue weighted by Crippen LogP contribution is -2.36. The van der Waals surface area contributed by atoms with Crippen LogP contribution in [0.1, 0.15) is 42.0 Å². The number of benzene rings is 2. The molecule has 1 atom stereocenters. The molecule has 0 aromatic heterocycles. The van der Waals surface area contributed by atoms with Crippen LogP contribution in [0, 0.1) is 6.92 Å². The largest absolute Gasteiger partial charge is 0.457 e. The molecule has 4 heteroatoms. The smallest absolute Gasteiger partial charge is 0.220 e. The molecule has 2 aliphatic heterocycles. The second kappa shape index (κ2) is 5.83. The average molecular weight is 359 g/mol. The van der Waals surface area contributed by atoms with Crippen molar-refractivity contribution in [1.29, 1.82) is 0 Å². The van der Waals surface area contributed by atoms with Gasteiger partial charge in [0.1, 0.15) is 17.1 Å². The fraction of sp³-hybridized carbons (Fsp3) is 0.261. The maximum Gasteiger partial charge on any atom is 0.220 e. The molecule has 1 spiro atoms. The van der Waals surface area contributed by atoms with Crippen molar-refractivity contribution in [3.05, 3.63) is 87.8 Å². The molecule has 0 saturated heterocycles. The normalized spacial score (nSPS) is 22.5. The summed E-state index contributed by atoms with van der Waals surface area (Å²) < 4.78 is 12.9. The predicted molar refractivity (Wildman–Crippen MR) is 102 cm³/mol. The highest BCUT2D eigenvalue weighted by Gasteiger charge is 2.50. The highest BCUT2D eigenvalue weighted by Crippen LogP contribution is 2.55. The Kier molecular flexibility index (Phi) is 3.52. The van der Waals surface area contributed by atoms with Gasteiger partial charge >= 0.3 is 0 Å². The summed E-state index contributed by atoms with van der Waals surface area (Å²) in [6, 6.07) is 14.7. The summed E-state index contributed by atoms with van der Waals surface area (Å²) in [4.78, 5) is 11.5. The summed E-state index contributed by atoms with van der Waals surface area (Å²) >= 11 is 0. The molecule has 2 heterocycles. The Morgan fingerprint density at radius 1 is 1.11 bits per heavy atom. The number of carbonyl (C=O) groups excluding carboxylic acids is 1. The zero-order valence-electron chi connectivity index (χ0n) is 15.5. The van der Waals surface area contributed by atoms with Crippen molar-refractivity contribution in [3.8, 4) is 5.75 Å². The van der Waals surface area contributed by atoms with Gasteiger partial charge in [0.25, 0.3) is 0 Å². The summed E-state index contributed by atoms with van der Waals surface area (Å²) in [5, 5.41) is 2.92. The van der Waals surface area contributed by atoms with Crippen molar-refractivity contribution in [1.82, 2.24) is 5.32 Å². The highest BCUT2D eigenvalue weighted by molar-refractivity contribution is 5.75. The third-order valence-electron chi connectivity index (χ3n) is 5.59. The highest BCUT2D eigenvalue weighted by atomic mass is 16.5. The lowest BCUT2D eigenvalue weighted by molar-refractivity contribution is -0.118. The molecular weight excluding hydrogens is 338 g/mol. The van der Waals surface area contributed by atoms with E-state index in [0.29, 0.717) is 6.61 Å². The number of hydrogen-bond acceptors (Lipinski definition) is 3. The SMILES string of the molecule is CC(=O)NC1=CC2=C(CC1)C1(OCc3ccccc31)c1ccc(C)cc1O2.